The first-order valence-corrected chi connectivity index (χ1v) is 8.23. The molecule has 3 amide bonds. The number of hydrogen-bond donors (Lipinski definition) is 3. The van der Waals surface area contributed by atoms with Crippen molar-refractivity contribution in [2.45, 2.75) is 52.6 Å². The van der Waals surface area contributed by atoms with E-state index in [0.717, 1.165) is 0 Å². The van der Waals surface area contributed by atoms with Gasteiger partial charge in [0.15, 0.2) is 6.04 Å². The van der Waals surface area contributed by atoms with E-state index in [1.54, 1.807) is 0 Å². The SMILES string of the molecule is CNC(=O)NC(=O)[C@@H](C)[NH2+][C@@H](c1ccc(C(C)C)cc1)C(C)C. The van der Waals surface area contributed by atoms with Gasteiger partial charge in [-0.25, -0.2) is 4.79 Å². The molecule has 1 aromatic carbocycles. The normalized spacial score (nSPS) is 13.7. The molecule has 0 heterocycles. The van der Waals surface area contributed by atoms with Gasteiger partial charge in [0.2, 0.25) is 0 Å². The van der Waals surface area contributed by atoms with Crippen LogP contribution in [0.15, 0.2) is 24.3 Å². The molecule has 0 spiro atoms. The van der Waals surface area contributed by atoms with Crippen LogP contribution in [-0.4, -0.2) is 25.0 Å². The zero-order valence-electron chi connectivity index (χ0n) is 15.0. The summed E-state index contributed by atoms with van der Waals surface area (Å²) in [6, 6.07) is 7.93. The van der Waals surface area contributed by atoms with Crippen molar-refractivity contribution in [3.8, 4) is 0 Å². The molecule has 1 rings (SSSR count). The van der Waals surface area contributed by atoms with E-state index in [2.05, 4.69) is 62.6 Å². The van der Waals surface area contributed by atoms with Gasteiger partial charge < -0.3 is 10.6 Å². The summed E-state index contributed by atoms with van der Waals surface area (Å²) in [6.45, 7) is 10.4. The van der Waals surface area contributed by atoms with Crippen molar-refractivity contribution in [2.75, 3.05) is 7.05 Å². The zero-order valence-corrected chi connectivity index (χ0v) is 15.0. The topological polar surface area (TPSA) is 74.8 Å². The highest BCUT2D eigenvalue weighted by Gasteiger charge is 2.26. The average Bonchev–Trinajstić information content (AvgIpc) is 2.51. The van der Waals surface area contributed by atoms with Gasteiger partial charge >= 0.3 is 6.03 Å². The van der Waals surface area contributed by atoms with Gasteiger partial charge in [0.05, 0.1) is 0 Å². The lowest BCUT2D eigenvalue weighted by atomic mass is 9.93. The third kappa shape index (κ3) is 5.67. The number of nitrogens with two attached hydrogens (primary N) is 1. The highest BCUT2D eigenvalue weighted by Crippen LogP contribution is 2.21. The van der Waals surface area contributed by atoms with Gasteiger partial charge in [-0.1, -0.05) is 52.0 Å². The van der Waals surface area contributed by atoms with Crippen molar-refractivity contribution in [1.82, 2.24) is 10.6 Å². The molecule has 0 saturated heterocycles. The summed E-state index contributed by atoms with van der Waals surface area (Å²) in [5.41, 5.74) is 2.51. The van der Waals surface area contributed by atoms with E-state index in [1.807, 2.05) is 12.2 Å². The highest BCUT2D eigenvalue weighted by atomic mass is 16.2. The Kier molecular flexibility index (Phi) is 7.23. The Labute approximate surface area is 139 Å². The summed E-state index contributed by atoms with van der Waals surface area (Å²) in [5, 5.41) is 6.74. The van der Waals surface area contributed by atoms with Crippen LogP contribution in [0.5, 0.6) is 0 Å². The first-order chi connectivity index (χ1) is 10.8. The summed E-state index contributed by atoms with van der Waals surface area (Å²) in [4.78, 5) is 23.3. The minimum atomic E-state index is -0.474. The van der Waals surface area contributed by atoms with E-state index in [4.69, 9.17) is 0 Å². The molecule has 0 radical (unpaired) electrons. The van der Waals surface area contributed by atoms with Crippen LogP contribution >= 0.6 is 0 Å². The van der Waals surface area contributed by atoms with E-state index in [-0.39, 0.29) is 18.0 Å². The maximum atomic E-state index is 12.0. The summed E-state index contributed by atoms with van der Waals surface area (Å²) in [5.74, 6) is 0.590. The smallest absolute Gasteiger partial charge is 0.321 e. The number of carbonyl (C=O) groups excluding carboxylic acids is 2. The molecule has 1 aromatic rings. The Morgan fingerprint density at radius 2 is 1.48 bits per heavy atom. The van der Waals surface area contributed by atoms with Crippen molar-refractivity contribution < 1.29 is 14.9 Å². The number of amides is 3. The lowest BCUT2D eigenvalue weighted by molar-refractivity contribution is -0.719. The molecular formula is C18H30N3O2+. The monoisotopic (exact) mass is 320 g/mol. The molecule has 0 saturated carbocycles. The molecule has 5 heteroatoms. The second kappa shape index (κ2) is 8.67. The Morgan fingerprint density at radius 3 is 1.91 bits per heavy atom. The molecule has 0 bridgehead atoms. The minimum Gasteiger partial charge on any atom is -0.341 e. The third-order valence-electron chi connectivity index (χ3n) is 4.08. The third-order valence-corrected chi connectivity index (χ3v) is 4.08. The number of quaternary nitrogens is 1. The van der Waals surface area contributed by atoms with Crippen LogP contribution in [0.4, 0.5) is 4.79 Å². The lowest BCUT2D eigenvalue weighted by Crippen LogP contribution is -2.93. The van der Waals surface area contributed by atoms with Crippen molar-refractivity contribution >= 4 is 11.9 Å². The Balaban J connectivity index is 2.82. The molecule has 5 nitrogen and oxygen atoms in total. The molecule has 0 aromatic heterocycles. The molecule has 23 heavy (non-hydrogen) atoms. The first kappa shape index (κ1) is 19.2. The Morgan fingerprint density at radius 1 is 0.957 bits per heavy atom. The quantitative estimate of drug-likeness (QED) is 0.749. The van der Waals surface area contributed by atoms with Gasteiger partial charge in [-0.3, -0.25) is 10.1 Å². The summed E-state index contributed by atoms with van der Waals surface area (Å²) < 4.78 is 0. The summed E-state index contributed by atoms with van der Waals surface area (Å²) >= 11 is 0. The fourth-order valence-corrected chi connectivity index (χ4v) is 2.51. The molecule has 0 fully saturated rings. The number of benzene rings is 1. The van der Waals surface area contributed by atoms with Crippen LogP contribution < -0.4 is 16.0 Å². The molecule has 2 atom stereocenters. The maximum absolute atomic E-state index is 12.0. The average molecular weight is 320 g/mol. The highest BCUT2D eigenvalue weighted by molar-refractivity contribution is 5.95. The number of imide groups is 1. The predicted molar refractivity (Wildman–Crippen MR) is 92.1 cm³/mol. The van der Waals surface area contributed by atoms with Crippen LogP contribution in [0, 0.1) is 5.92 Å². The van der Waals surface area contributed by atoms with E-state index in [9.17, 15) is 9.59 Å². The molecule has 4 N–H and O–H groups in total. The number of hydrogen-bond acceptors (Lipinski definition) is 2. The van der Waals surface area contributed by atoms with Gasteiger partial charge in [0.1, 0.15) is 6.04 Å². The summed E-state index contributed by atoms with van der Waals surface area (Å²) in [6.07, 6.45) is 0. The van der Waals surface area contributed by atoms with Crippen LogP contribution in [0.25, 0.3) is 0 Å². The molecule has 128 valence electrons. The van der Waals surface area contributed by atoms with Crippen molar-refractivity contribution in [2.24, 2.45) is 5.92 Å². The van der Waals surface area contributed by atoms with E-state index >= 15 is 0 Å². The Bertz CT molecular complexity index is 524. The number of carbonyl (C=O) groups is 2. The number of rotatable bonds is 6. The van der Waals surface area contributed by atoms with Crippen molar-refractivity contribution in [1.29, 1.82) is 0 Å². The lowest BCUT2D eigenvalue weighted by Gasteiger charge is -2.23. The predicted octanol–water partition coefficient (Wildman–Crippen LogP) is 1.91. The zero-order chi connectivity index (χ0) is 17.6. The first-order valence-electron chi connectivity index (χ1n) is 8.23. The molecule has 0 aliphatic heterocycles. The minimum absolute atomic E-state index is 0.168. The van der Waals surface area contributed by atoms with Gasteiger partial charge in [0, 0.05) is 18.5 Å². The largest absolute Gasteiger partial charge is 0.341 e. The standard InChI is InChI=1S/C18H29N3O2/c1-11(2)14-7-9-15(10-8-14)16(12(3)4)20-13(5)17(22)21-18(23)19-6/h7-13,16,20H,1-6H3,(H2,19,21,22,23)/p+1/t13-,16-/m1/s1. The molecule has 0 aliphatic carbocycles. The van der Waals surface area contributed by atoms with E-state index < -0.39 is 6.03 Å². The van der Waals surface area contributed by atoms with Crippen LogP contribution in [0.3, 0.4) is 0 Å². The van der Waals surface area contributed by atoms with E-state index in [0.29, 0.717) is 11.8 Å². The maximum Gasteiger partial charge on any atom is 0.321 e. The second-order valence-corrected chi connectivity index (χ2v) is 6.64. The summed E-state index contributed by atoms with van der Waals surface area (Å²) in [7, 11) is 1.49. The molecule has 0 unspecified atom stereocenters. The van der Waals surface area contributed by atoms with Gasteiger partial charge in [0.25, 0.3) is 5.91 Å². The molecule has 0 aliphatic rings. The van der Waals surface area contributed by atoms with Crippen LogP contribution in [0.2, 0.25) is 0 Å². The Hall–Kier alpha value is -1.88. The fourth-order valence-electron chi connectivity index (χ4n) is 2.51. The van der Waals surface area contributed by atoms with Crippen molar-refractivity contribution in [3.05, 3.63) is 35.4 Å². The van der Waals surface area contributed by atoms with Crippen molar-refractivity contribution in [3.63, 3.8) is 0 Å². The fraction of sp³-hybridized carbons (Fsp3) is 0.556. The van der Waals surface area contributed by atoms with E-state index in [1.165, 1.54) is 18.2 Å². The number of urea groups is 1. The van der Waals surface area contributed by atoms with Crippen LogP contribution in [0.1, 0.15) is 57.7 Å². The van der Waals surface area contributed by atoms with Gasteiger partial charge in [-0.05, 0) is 18.4 Å². The van der Waals surface area contributed by atoms with Gasteiger partial charge in [-0.15, -0.1) is 0 Å². The van der Waals surface area contributed by atoms with Crippen LogP contribution in [-0.2, 0) is 4.79 Å². The molecular weight excluding hydrogens is 290 g/mol. The number of nitrogens with one attached hydrogen (secondary N) is 2. The van der Waals surface area contributed by atoms with Gasteiger partial charge in [-0.2, -0.15) is 0 Å². The second-order valence-electron chi connectivity index (χ2n) is 6.64.